The minimum absolute atomic E-state index is 0.00804. The number of aliphatic hydroxyl groups excluding tert-OH is 1. The number of hydroxylamine groups is 1. The van der Waals surface area contributed by atoms with Crippen molar-refractivity contribution in [3.63, 3.8) is 0 Å². The highest BCUT2D eigenvalue weighted by Gasteiger charge is 2.22. The van der Waals surface area contributed by atoms with Crippen molar-refractivity contribution in [1.29, 1.82) is 0 Å². The normalized spacial score (nSPS) is 10.5. The van der Waals surface area contributed by atoms with E-state index in [2.05, 4.69) is 10.3 Å². The minimum atomic E-state index is -1.11. The van der Waals surface area contributed by atoms with E-state index in [0.717, 1.165) is 18.3 Å². The van der Waals surface area contributed by atoms with E-state index in [1.165, 1.54) is 11.5 Å². The Hall–Kier alpha value is -3.11. The monoisotopic (exact) mass is 367 g/mol. The van der Waals surface area contributed by atoms with Gasteiger partial charge in [0.1, 0.15) is 11.6 Å². The number of aromatic nitrogens is 1. The van der Waals surface area contributed by atoms with Crippen LogP contribution < -0.4 is 10.8 Å². The van der Waals surface area contributed by atoms with Crippen molar-refractivity contribution in [2.75, 3.05) is 6.54 Å². The molecule has 0 fully saturated rings. The summed E-state index contributed by atoms with van der Waals surface area (Å²) >= 11 is 0. The number of halogens is 2. The fourth-order valence-electron chi connectivity index (χ4n) is 2.24. The van der Waals surface area contributed by atoms with Crippen LogP contribution in [-0.4, -0.2) is 38.8 Å². The maximum absolute atomic E-state index is 13.5. The molecule has 0 bridgehead atoms. The van der Waals surface area contributed by atoms with Gasteiger partial charge in [0.05, 0.1) is 12.2 Å². The molecule has 0 unspecified atom stereocenters. The van der Waals surface area contributed by atoms with E-state index in [-0.39, 0.29) is 29.7 Å². The number of carbonyl (C=O) groups is 2. The van der Waals surface area contributed by atoms with Gasteiger partial charge >= 0.3 is 0 Å². The molecule has 2 rings (SSSR count). The molecule has 0 aliphatic carbocycles. The molecular weight excluding hydrogens is 352 g/mol. The van der Waals surface area contributed by atoms with Crippen LogP contribution in [0, 0.1) is 11.6 Å². The summed E-state index contributed by atoms with van der Waals surface area (Å²) in [5, 5.41) is 30.3. The van der Waals surface area contributed by atoms with Gasteiger partial charge in [0.15, 0.2) is 11.4 Å². The van der Waals surface area contributed by atoms with Gasteiger partial charge in [-0.1, -0.05) is 6.07 Å². The fraction of sp³-hybridized carbons (Fsp3) is 0.188. The second kappa shape index (κ2) is 8.32. The summed E-state index contributed by atoms with van der Waals surface area (Å²) in [4.78, 5) is 27.1. The largest absolute Gasteiger partial charge is 0.505 e. The molecule has 0 saturated carbocycles. The van der Waals surface area contributed by atoms with Gasteiger partial charge in [0.2, 0.25) is 0 Å². The summed E-state index contributed by atoms with van der Waals surface area (Å²) < 4.78 is 26.4. The zero-order chi connectivity index (χ0) is 19.3. The van der Waals surface area contributed by atoms with Gasteiger partial charge in [0.25, 0.3) is 11.8 Å². The van der Waals surface area contributed by atoms with Crippen LogP contribution >= 0.6 is 0 Å². The first-order valence-corrected chi connectivity index (χ1v) is 7.37. The highest BCUT2D eigenvalue weighted by atomic mass is 19.1. The van der Waals surface area contributed by atoms with Crippen molar-refractivity contribution in [2.24, 2.45) is 0 Å². The van der Waals surface area contributed by atoms with Crippen molar-refractivity contribution in [3.05, 3.63) is 58.4 Å². The lowest BCUT2D eigenvalue weighted by molar-refractivity contribution is 0.0696. The quantitative estimate of drug-likeness (QED) is 0.376. The number of carbonyl (C=O) groups excluding carboxylic acids is 2. The number of rotatable bonds is 6. The molecule has 1 aromatic carbocycles. The first-order valence-electron chi connectivity index (χ1n) is 7.37. The van der Waals surface area contributed by atoms with E-state index in [1.807, 2.05) is 0 Å². The van der Waals surface area contributed by atoms with Gasteiger partial charge in [-0.25, -0.2) is 19.2 Å². The van der Waals surface area contributed by atoms with Gasteiger partial charge in [-0.05, 0) is 18.1 Å². The predicted octanol–water partition coefficient (Wildman–Crippen LogP) is 0.649. The molecule has 5 N–H and O–H groups in total. The van der Waals surface area contributed by atoms with Crippen LogP contribution in [0.5, 0.6) is 5.75 Å². The number of aliphatic hydroxyl groups is 1. The molecular formula is C16H15F2N3O5. The summed E-state index contributed by atoms with van der Waals surface area (Å²) in [5.41, 5.74) is 0.454. The van der Waals surface area contributed by atoms with E-state index >= 15 is 0 Å². The highest BCUT2D eigenvalue weighted by molar-refractivity contribution is 5.99. The summed E-state index contributed by atoms with van der Waals surface area (Å²) in [7, 11) is 0. The number of pyridine rings is 1. The van der Waals surface area contributed by atoms with Crippen LogP contribution in [0.25, 0.3) is 0 Å². The third-order valence-electron chi connectivity index (χ3n) is 3.57. The average molecular weight is 367 g/mol. The molecule has 1 heterocycles. The van der Waals surface area contributed by atoms with Crippen LogP contribution in [0.2, 0.25) is 0 Å². The Kier molecular flexibility index (Phi) is 6.15. The second-order valence-corrected chi connectivity index (χ2v) is 5.19. The Bertz CT molecular complexity index is 845. The molecule has 138 valence electrons. The summed E-state index contributed by atoms with van der Waals surface area (Å²) in [6.07, 6.45) is 1.03. The van der Waals surface area contributed by atoms with Crippen LogP contribution in [-0.2, 0) is 13.0 Å². The first-order chi connectivity index (χ1) is 12.4. The molecule has 0 aliphatic heterocycles. The molecule has 0 radical (unpaired) electrons. The van der Waals surface area contributed by atoms with Crippen LogP contribution in [0.15, 0.2) is 24.4 Å². The van der Waals surface area contributed by atoms with E-state index in [1.54, 1.807) is 0 Å². The lowest BCUT2D eigenvalue weighted by atomic mass is 10.1. The summed E-state index contributed by atoms with van der Waals surface area (Å²) in [6, 6.07) is 3.08. The molecule has 0 aliphatic rings. The molecule has 26 heavy (non-hydrogen) atoms. The standard InChI is InChI=1S/C16H15F2N3O5/c17-9-2-1-8(12(18)5-9)3-4-19-15(24)10-6-20-13(16(25)21-26)14(23)11(10)7-22/h1-2,5-6,22-23,26H,3-4,7H2,(H,19,24)(H,21,25). The fourth-order valence-corrected chi connectivity index (χ4v) is 2.24. The highest BCUT2D eigenvalue weighted by Crippen LogP contribution is 2.24. The Labute approximate surface area is 146 Å². The third-order valence-corrected chi connectivity index (χ3v) is 3.57. The molecule has 0 atom stereocenters. The van der Waals surface area contributed by atoms with Crippen molar-refractivity contribution < 1.29 is 33.8 Å². The van der Waals surface area contributed by atoms with Gasteiger partial charge in [-0.15, -0.1) is 0 Å². The average Bonchev–Trinajstić information content (AvgIpc) is 2.62. The second-order valence-electron chi connectivity index (χ2n) is 5.19. The van der Waals surface area contributed by atoms with E-state index in [9.17, 15) is 28.6 Å². The zero-order valence-corrected chi connectivity index (χ0v) is 13.3. The van der Waals surface area contributed by atoms with Gasteiger partial charge < -0.3 is 15.5 Å². The molecule has 0 spiro atoms. The van der Waals surface area contributed by atoms with Gasteiger partial charge in [0, 0.05) is 24.4 Å². The van der Waals surface area contributed by atoms with E-state index < -0.39 is 41.5 Å². The van der Waals surface area contributed by atoms with E-state index in [4.69, 9.17) is 5.21 Å². The van der Waals surface area contributed by atoms with Crippen molar-refractivity contribution in [3.8, 4) is 5.75 Å². The molecule has 0 saturated heterocycles. The Balaban J connectivity index is 2.11. The third kappa shape index (κ3) is 4.10. The van der Waals surface area contributed by atoms with Crippen LogP contribution in [0.3, 0.4) is 0 Å². The number of benzene rings is 1. The van der Waals surface area contributed by atoms with Crippen molar-refractivity contribution >= 4 is 11.8 Å². The van der Waals surface area contributed by atoms with Gasteiger partial charge in [-0.3, -0.25) is 14.8 Å². The first kappa shape index (κ1) is 19.2. The topological polar surface area (TPSA) is 132 Å². The van der Waals surface area contributed by atoms with Gasteiger partial charge in [-0.2, -0.15) is 0 Å². The van der Waals surface area contributed by atoms with Crippen molar-refractivity contribution in [1.82, 2.24) is 15.8 Å². The van der Waals surface area contributed by atoms with Crippen LogP contribution in [0.1, 0.15) is 32.0 Å². The molecule has 1 aromatic heterocycles. The predicted molar refractivity (Wildman–Crippen MR) is 83.5 cm³/mol. The Morgan fingerprint density at radius 2 is 1.92 bits per heavy atom. The lowest BCUT2D eigenvalue weighted by Gasteiger charge is -2.12. The Morgan fingerprint density at radius 1 is 1.19 bits per heavy atom. The molecule has 8 nitrogen and oxygen atoms in total. The maximum Gasteiger partial charge on any atom is 0.297 e. The smallest absolute Gasteiger partial charge is 0.297 e. The number of nitrogens with one attached hydrogen (secondary N) is 2. The summed E-state index contributed by atoms with van der Waals surface area (Å²) in [6.45, 7) is -0.776. The number of aromatic hydroxyl groups is 1. The van der Waals surface area contributed by atoms with Crippen LogP contribution in [0.4, 0.5) is 8.78 Å². The maximum atomic E-state index is 13.5. The number of amides is 2. The molecule has 2 aromatic rings. The van der Waals surface area contributed by atoms with E-state index in [0.29, 0.717) is 0 Å². The van der Waals surface area contributed by atoms with Crippen molar-refractivity contribution in [2.45, 2.75) is 13.0 Å². The number of hydrogen-bond donors (Lipinski definition) is 5. The Morgan fingerprint density at radius 3 is 2.54 bits per heavy atom. The SMILES string of the molecule is O=C(NCCc1ccc(F)cc1F)c1cnc(C(=O)NO)c(O)c1CO. The number of nitrogens with zero attached hydrogens (tertiary/aromatic N) is 1. The zero-order valence-electron chi connectivity index (χ0n) is 13.3. The summed E-state index contributed by atoms with van der Waals surface area (Å²) in [5.74, 6) is -4.05. The minimum Gasteiger partial charge on any atom is -0.505 e. The number of hydrogen-bond acceptors (Lipinski definition) is 6. The lowest BCUT2D eigenvalue weighted by Crippen LogP contribution is -2.28. The molecule has 2 amide bonds. The molecule has 10 heteroatoms.